The highest BCUT2D eigenvalue weighted by Gasteiger charge is 2.34. The normalized spacial score (nSPS) is 22.5. The molecule has 0 bridgehead atoms. The topological polar surface area (TPSA) is 69.6 Å². The van der Waals surface area contributed by atoms with E-state index in [1.54, 1.807) is 4.90 Å². The number of amides is 2. The lowest BCUT2D eigenvalue weighted by Gasteiger charge is -2.23. The maximum Gasteiger partial charge on any atom is 0.244 e. The molecule has 0 aromatic heterocycles. The van der Waals surface area contributed by atoms with Crippen LogP contribution < -0.4 is 5.32 Å². The van der Waals surface area contributed by atoms with Crippen molar-refractivity contribution in [3.63, 3.8) is 0 Å². The van der Waals surface area contributed by atoms with E-state index in [0.717, 1.165) is 0 Å². The Morgan fingerprint density at radius 3 is 2.69 bits per heavy atom. The molecule has 0 aromatic rings. The first-order chi connectivity index (χ1) is 6.19. The minimum atomic E-state index is -0.385. The third-order valence-corrected chi connectivity index (χ3v) is 2.18. The number of hydrogen-bond acceptors (Lipinski definition) is 4. The Kier molecular flexibility index (Phi) is 3.39. The van der Waals surface area contributed by atoms with Crippen LogP contribution in [0.2, 0.25) is 0 Å². The summed E-state index contributed by atoms with van der Waals surface area (Å²) in [6.07, 6.45) is 0.215. The van der Waals surface area contributed by atoms with Crippen molar-refractivity contribution in [1.82, 2.24) is 10.2 Å². The van der Waals surface area contributed by atoms with Crippen LogP contribution >= 0.6 is 0 Å². The molecule has 5 heteroatoms. The van der Waals surface area contributed by atoms with Crippen LogP contribution in [0.4, 0.5) is 0 Å². The second-order valence-electron chi connectivity index (χ2n) is 2.98. The van der Waals surface area contributed by atoms with Crippen molar-refractivity contribution in [1.29, 1.82) is 0 Å². The van der Waals surface area contributed by atoms with Crippen LogP contribution in [0.5, 0.6) is 0 Å². The Morgan fingerprint density at radius 2 is 2.31 bits per heavy atom. The van der Waals surface area contributed by atoms with E-state index >= 15 is 0 Å². The van der Waals surface area contributed by atoms with E-state index < -0.39 is 0 Å². The first-order valence-corrected chi connectivity index (χ1v) is 4.37. The van der Waals surface area contributed by atoms with Gasteiger partial charge in [0.25, 0.3) is 0 Å². The highest BCUT2D eigenvalue weighted by atomic mass is 16.3. The second kappa shape index (κ2) is 4.34. The number of nitrogens with zero attached hydrogens (tertiary/aromatic N) is 1. The molecular formula is C8H14N2O3. The lowest BCUT2D eigenvalue weighted by Crippen LogP contribution is -2.41. The average molecular weight is 186 g/mol. The molecule has 1 heterocycles. The van der Waals surface area contributed by atoms with Crippen LogP contribution in [0.25, 0.3) is 0 Å². The molecule has 74 valence electrons. The summed E-state index contributed by atoms with van der Waals surface area (Å²) < 4.78 is 0. The van der Waals surface area contributed by atoms with Gasteiger partial charge >= 0.3 is 0 Å². The molecule has 0 aliphatic carbocycles. The molecule has 2 amide bonds. The maximum absolute atomic E-state index is 11.2. The van der Waals surface area contributed by atoms with Gasteiger partial charge in [-0.25, -0.2) is 0 Å². The number of imide groups is 1. The molecule has 1 aliphatic heterocycles. The molecule has 0 spiro atoms. The molecule has 13 heavy (non-hydrogen) atoms. The first-order valence-electron chi connectivity index (χ1n) is 4.37. The number of carbonyl (C=O) groups is 2. The van der Waals surface area contributed by atoms with Crippen LogP contribution in [0.3, 0.4) is 0 Å². The zero-order valence-electron chi connectivity index (χ0n) is 7.62. The number of hydrogen-bond donors (Lipinski definition) is 2. The summed E-state index contributed by atoms with van der Waals surface area (Å²) in [7, 11) is 0. The Hall–Kier alpha value is -0.940. The summed E-state index contributed by atoms with van der Waals surface area (Å²) in [5.41, 5.74) is 0. The first kappa shape index (κ1) is 10.1. The summed E-state index contributed by atoms with van der Waals surface area (Å²) >= 11 is 0. The minimum Gasteiger partial charge on any atom is -0.395 e. The van der Waals surface area contributed by atoms with Gasteiger partial charge in [0.15, 0.2) is 0 Å². The summed E-state index contributed by atoms with van der Waals surface area (Å²) in [5.74, 6) is -0.480. The Morgan fingerprint density at radius 1 is 1.62 bits per heavy atom. The molecule has 1 rings (SSSR count). The smallest absolute Gasteiger partial charge is 0.244 e. The fourth-order valence-corrected chi connectivity index (χ4v) is 1.50. The fourth-order valence-electron chi connectivity index (χ4n) is 1.50. The van der Waals surface area contributed by atoms with Crippen LogP contribution in [-0.2, 0) is 9.59 Å². The monoisotopic (exact) mass is 186 g/mol. The van der Waals surface area contributed by atoms with Crippen molar-refractivity contribution in [3.05, 3.63) is 0 Å². The third kappa shape index (κ3) is 2.26. The van der Waals surface area contributed by atoms with E-state index in [1.807, 2.05) is 6.92 Å². The minimum absolute atomic E-state index is 0.00576. The Balaban J connectivity index is 2.58. The summed E-state index contributed by atoms with van der Waals surface area (Å²) in [6, 6.07) is -0.385. The van der Waals surface area contributed by atoms with Gasteiger partial charge in [0, 0.05) is 6.54 Å². The van der Waals surface area contributed by atoms with Crippen LogP contribution in [0.1, 0.15) is 13.3 Å². The van der Waals surface area contributed by atoms with Crippen molar-refractivity contribution in [3.8, 4) is 0 Å². The quantitative estimate of drug-likeness (QED) is 0.536. The van der Waals surface area contributed by atoms with Crippen LogP contribution in [0.15, 0.2) is 0 Å². The molecule has 0 saturated carbocycles. The van der Waals surface area contributed by atoms with E-state index in [1.165, 1.54) is 0 Å². The average Bonchev–Trinajstić information content (AvgIpc) is 2.41. The molecule has 1 atom stereocenters. The van der Waals surface area contributed by atoms with Crippen molar-refractivity contribution in [2.75, 3.05) is 19.7 Å². The van der Waals surface area contributed by atoms with Crippen molar-refractivity contribution in [2.24, 2.45) is 0 Å². The molecule has 1 aliphatic rings. The number of likely N-dealkylation sites (N-methyl/N-ethyl adjacent to an activating group) is 1. The zero-order valence-corrected chi connectivity index (χ0v) is 7.62. The largest absolute Gasteiger partial charge is 0.395 e. The highest BCUT2D eigenvalue weighted by Crippen LogP contribution is 2.09. The van der Waals surface area contributed by atoms with Crippen molar-refractivity contribution >= 4 is 11.8 Å². The second-order valence-corrected chi connectivity index (χ2v) is 2.98. The van der Waals surface area contributed by atoms with Gasteiger partial charge in [-0.3, -0.25) is 19.8 Å². The number of nitrogens with one attached hydrogen (secondary N) is 1. The van der Waals surface area contributed by atoms with E-state index in [2.05, 4.69) is 5.32 Å². The number of aliphatic hydroxyl groups excluding tert-OH is 1. The van der Waals surface area contributed by atoms with Gasteiger partial charge in [-0.05, 0) is 6.54 Å². The van der Waals surface area contributed by atoms with Gasteiger partial charge in [0.05, 0.1) is 19.1 Å². The molecule has 2 N–H and O–H groups in total. The Labute approximate surface area is 76.7 Å². The number of aliphatic hydroxyl groups is 1. The fraction of sp³-hybridized carbons (Fsp3) is 0.750. The number of rotatable bonds is 4. The van der Waals surface area contributed by atoms with Gasteiger partial charge in [0.1, 0.15) is 0 Å². The third-order valence-electron chi connectivity index (χ3n) is 2.18. The molecule has 1 fully saturated rings. The molecule has 1 unspecified atom stereocenters. The lowest BCUT2D eigenvalue weighted by molar-refractivity contribution is -0.126. The molecule has 1 saturated heterocycles. The lowest BCUT2D eigenvalue weighted by atomic mass is 10.2. The number of carbonyl (C=O) groups excluding carboxylic acids is 2. The van der Waals surface area contributed by atoms with E-state index in [-0.39, 0.29) is 30.9 Å². The summed E-state index contributed by atoms with van der Waals surface area (Å²) in [6.45, 7) is 2.99. The molecule has 0 radical (unpaired) electrons. The highest BCUT2D eigenvalue weighted by molar-refractivity contribution is 6.05. The van der Waals surface area contributed by atoms with E-state index in [4.69, 9.17) is 5.11 Å². The predicted molar refractivity (Wildman–Crippen MR) is 45.9 cm³/mol. The van der Waals surface area contributed by atoms with Gasteiger partial charge in [-0.1, -0.05) is 6.92 Å². The molecule has 0 aromatic carbocycles. The van der Waals surface area contributed by atoms with E-state index in [9.17, 15) is 9.59 Å². The standard InChI is InChI=1S/C8H14N2O3/c1-2-10(3-4-11)6-5-7(12)9-8(6)13/h6,11H,2-5H2,1H3,(H,9,12,13). The summed E-state index contributed by atoms with van der Waals surface area (Å²) in [5, 5.41) is 11.0. The molecule has 5 nitrogen and oxygen atoms in total. The van der Waals surface area contributed by atoms with Crippen LogP contribution in [0, 0.1) is 0 Å². The van der Waals surface area contributed by atoms with Gasteiger partial charge < -0.3 is 5.11 Å². The summed E-state index contributed by atoms with van der Waals surface area (Å²) in [4.78, 5) is 23.9. The maximum atomic E-state index is 11.2. The van der Waals surface area contributed by atoms with Crippen molar-refractivity contribution < 1.29 is 14.7 Å². The van der Waals surface area contributed by atoms with Gasteiger partial charge in [0.2, 0.25) is 11.8 Å². The van der Waals surface area contributed by atoms with Crippen molar-refractivity contribution in [2.45, 2.75) is 19.4 Å². The zero-order chi connectivity index (χ0) is 9.84. The molecular weight excluding hydrogens is 172 g/mol. The van der Waals surface area contributed by atoms with Crippen LogP contribution in [-0.4, -0.2) is 47.6 Å². The van der Waals surface area contributed by atoms with Gasteiger partial charge in [-0.15, -0.1) is 0 Å². The van der Waals surface area contributed by atoms with Gasteiger partial charge in [-0.2, -0.15) is 0 Å². The van der Waals surface area contributed by atoms with E-state index in [0.29, 0.717) is 13.1 Å². The predicted octanol–water partition coefficient (Wildman–Crippen LogP) is -1.28. The Bertz CT molecular complexity index is 217. The SMILES string of the molecule is CCN(CCO)C1CC(=O)NC1=O.